The highest BCUT2D eigenvalue weighted by Gasteiger charge is 2.26. The van der Waals surface area contributed by atoms with Gasteiger partial charge in [0.05, 0.1) is 0 Å². The molecule has 1 unspecified atom stereocenters. The van der Waals surface area contributed by atoms with E-state index in [0.29, 0.717) is 0 Å². The Labute approximate surface area is 91.1 Å². The molecule has 1 saturated heterocycles. The lowest BCUT2D eigenvalue weighted by Gasteiger charge is -2.32. The molecule has 2 heteroatoms. The van der Waals surface area contributed by atoms with E-state index in [-0.39, 0.29) is 0 Å². The smallest absolute Gasteiger partial charge is 0.0349 e. The summed E-state index contributed by atoms with van der Waals surface area (Å²) in [5.74, 6) is 0.810. The lowest BCUT2D eigenvalue weighted by atomic mass is 10.0. The SMILES string of the molecule is Nc1cccc2c1CC(CN1CCC1)C2. The molecular weight excluding hydrogens is 184 g/mol. The molecule has 1 aromatic carbocycles. The van der Waals surface area contributed by atoms with E-state index in [1.165, 1.54) is 50.0 Å². The number of hydrogen-bond donors (Lipinski definition) is 1. The van der Waals surface area contributed by atoms with Gasteiger partial charge < -0.3 is 10.6 Å². The number of benzene rings is 1. The Bertz CT molecular complexity index is 369. The molecule has 0 bridgehead atoms. The first-order chi connectivity index (χ1) is 7.33. The second kappa shape index (κ2) is 3.53. The molecule has 1 heterocycles. The van der Waals surface area contributed by atoms with Crippen molar-refractivity contribution >= 4 is 5.69 Å². The van der Waals surface area contributed by atoms with Gasteiger partial charge >= 0.3 is 0 Å². The minimum absolute atomic E-state index is 0.810. The van der Waals surface area contributed by atoms with Gasteiger partial charge in [0.15, 0.2) is 0 Å². The first-order valence-electron chi connectivity index (χ1n) is 5.91. The second-order valence-electron chi connectivity index (χ2n) is 4.91. The Kier molecular flexibility index (Phi) is 2.17. The van der Waals surface area contributed by atoms with Crippen LogP contribution in [0.5, 0.6) is 0 Å². The first-order valence-corrected chi connectivity index (χ1v) is 5.91. The lowest BCUT2D eigenvalue weighted by Crippen LogP contribution is -2.40. The van der Waals surface area contributed by atoms with E-state index < -0.39 is 0 Å². The predicted molar refractivity (Wildman–Crippen MR) is 62.8 cm³/mol. The summed E-state index contributed by atoms with van der Waals surface area (Å²) in [7, 11) is 0. The van der Waals surface area contributed by atoms with Gasteiger partial charge in [-0.3, -0.25) is 0 Å². The summed E-state index contributed by atoms with van der Waals surface area (Å²) in [5, 5.41) is 0. The molecule has 1 aliphatic heterocycles. The molecule has 1 aromatic rings. The number of hydrogen-bond acceptors (Lipinski definition) is 2. The fourth-order valence-electron chi connectivity index (χ4n) is 2.83. The maximum atomic E-state index is 6.00. The fourth-order valence-corrected chi connectivity index (χ4v) is 2.83. The Morgan fingerprint density at radius 2 is 2.13 bits per heavy atom. The number of nitrogens with two attached hydrogens (primary N) is 1. The molecule has 0 saturated carbocycles. The van der Waals surface area contributed by atoms with Crippen molar-refractivity contribution in [1.82, 2.24) is 4.90 Å². The third kappa shape index (κ3) is 1.63. The standard InChI is InChI=1S/C13H18N2/c14-13-4-1-3-11-7-10(8-12(11)13)9-15-5-2-6-15/h1,3-4,10H,2,5-9,14H2. The Hall–Kier alpha value is -1.02. The van der Waals surface area contributed by atoms with Gasteiger partial charge in [-0.25, -0.2) is 0 Å². The number of nitrogens with zero attached hydrogens (tertiary/aromatic N) is 1. The van der Waals surface area contributed by atoms with Crippen molar-refractivity contribution in [2.75, 3.05) is 25.4 Å². The Morgan fingerprint density at radius 1 is 1.27 bits per heavy atom. The van der Waals surface area contributed by atoms with Crippen molar-refractivity contribution in [1.29, 1.82) is 0 Å². The van der Waals surface area contributed by atoms with Crippen molar-refractivity contribution in [2.24, 2.45) is 5.92 Å². The van der Waals surface area contributed by atoms with Gasteiger partial charge in [0.2, 0.25) is 0 Å². The maximum absolute atomic E-state index is 6.00. The van der Waals surface area contributed by atoms with E-state index in [4.69, 9.17) is 5.73 Å². The third-order valence-electron chi connectivity index (χ3n) is 3.78. The van der Waals surface area contributed by atoms with Crippen LogP contribution in [0.2, 0.25) is 0 Å². The van der Waals surface area contributed by atoms with Gasteiger partial charge in [-0.1, -0.05) is 12.1 Å². The van der Waals surface area contributed by atoms with Gasteiger partial charge in [0, 0.05) is 12.2 Å². The fraction of sp³-hybridized carbons (Fsp3) is 0.538. The summed E-state index contributed by atoms with van der Waals surface area (Å²) >= 11 is 0. The van der Waals surface area contributed by atoms with Crippen molar-refractivity contribution in [3.63, 3.8) is 0 Å². The number of rotatable bonds is 2. The number of likely N-dealkylation sites (tertiary alicyclic amines) is 1. The predicted octanol–water partition coefficient (Wildman–Crippen LogP) is 1.69. The van der Waals surface area contributed by atoms with Gasteiger partial charge in [0.1, 0.15) is 0 Å². The summed E-state index contributed by atoms with van der Waals surface area (Å²) in [6.07, 6.45) is 3.82. The summed E-state index contributed by atoms with van der Waals surface area (Å²) in [4.78, 5) is 2.56. The largest absolute Gasteiger partial charge is 0.398 e. The summed E-state index contributed by atoms with van der Waals surface area (Å²) in [6.45, 7) is 3.89. The zero-order valence-corrected chi connectivity index (χ0v) is 9.08. The average molecular weight is 202 g/mol. The molecule has 1 fully saturated rings. The zero-order valence-electron chi connectivity index (χ0n) is 9.08. The summed E-state index contributed by atoms with van der Waals surface area (Å²) < 4.78 is 0. The van der Waals surface area contributed by atoms with Gasteiger partial charge in [0.25, 0.3) is 0 Å². The number of nitrogen functional groups attached to an aromatic ring is 1. The lowest BCUT2D eigenvalue weighted by molar-refractivity contribution is 0.154. The number of fused-ring (bicyclic) bond motifs is 1. The monoisotopic (exact) mass is 202 g/mol. The number of anilines is 1. The maximum Gasteiger partial charge on any atom is 0.0349 e. The molecule has 2 nitrogen and oxygen atoms in total. The molecule has 2 N–H and O–H groups in total. The van der Waals surface area contributed by atoms with Crippen LogP contribution in [-0.2, 0) is 12.8 Å². The van der Waals surface area contributed by atoms with Crippen LogP contribution in [0.25, 0.3) is 0 Å². The molecule has 0 amide bonds. The minimum Gasteiger partial charge on any atom is -0.398 e. The molecule has 1 atom stereocenters. The Morgan fingerprint density at radius 3 is 2.80 bits per heavy atom. The third-order valence-corrected chi connectivity index (χ3v) is 3.78. The first kappa shape index (κ1) is 9.22. The average Bonchev–Trinajstić information content (AvgIpc) is 2.56. The van der Waals surface area contributed by atoms with Crippen LogP contribution in [0.3, 0.4) is 0 Å². The van der Waals surface area contributed by atoms with E-state index >= 15 is 0 Å². The molecular formula is C13H18N2. The van der Waals surface area contributed by atoms with E-state index in [1.807, 2.05) is 6.07 Å². The summed E-state index contributed by atoms with van der Waals surface area (Å²) in [6, 6.07) is 6.35. The van der Waals surface area contributed by atoms with Crippen LogP contribution >= 0.6 is 0 Å². The topological polar surface area (TPSA) is 29.3 Å². The van der Waals surface area contributed by atoms with Crippen molar-refractivity contribution in [3.8, 4) is 0 Å². The zero-order chi connectivity index (χ0) is 10.3. The molecule has 2 aliphatic rings. The van der Waals surface area contributed by atoms with Crippen LogP contribution in [0, 0.1) is 5.92 Å². The minimum atomic E-state index is 0.810. The molecule has 0 aromatic heterocycles. The molecule has 0 spiro atoms. The van der Waals surface area contributed by atoms with Crippen LogP contribution in [-0.4, -0.2) is 24.5 Å². The summed E-state index contributed by atoms with van der Waals surface area (Å²) in [5.41, 5.74) is 9.90. The van der Waals surface area contributed by atoms with E-state index in [9.17, 15) is 0 Å². The van der Waals surface area contributed by atoms with Crippen LogP contribution in [0.4, 0.5) is 5.69 Å². The van der Waals surface area contributed by atoms with Crippen LogP contribution in [0.15, 0.2) is 18.2 Å². The molecule has 3 rings (SSSR count). The van der Waals surface area contributed by atoms with Crippen molar-refractivity contribution in [3.05, 3.63) is 29.3 Å². The van der Waals surface area contributed by atoms with E-state index in [0.717, 1.165) is 11.6 Å². The highest BCUT2D eigenvalue weighted by molar-refractivity contribution is 5.53. The van der Waals surface area contributed by atoms with E-state index in [2.05, 4.69) is 17.0 Å². The van der Waals surface area contributed by atoms with Gasteiger partial charge in [-0.2, -0.15) is 0 Å². The highest BCUT2D eigenvalue weighted by Crippen LogP contribution is 2.31. The molecule has 0 radical (unpaired) electrons. The molecule has 80 valence electrons. The van der Waals surface area contributed by atoms with Gasteiger partial charge in [-0.05, 0) is 55.5 Å². The highest BCUT2D eigenvalue weighted by atomic mass is 15.2. The second-order valence-corrected chi connectivity index (χ2v) is 4.91. The normalized spacial score (nSPS) is 24.9. The van der Waals surface area contributed by atoms with Crippen LogP contribution < -0.4 is 5.73 Å². The van der Waals surface area contributed by atoms with Crippen molar-refractivity contribution < 1.29 is 0 Å². The molecule has 1 aliphatic carbocycles. The Balaban J connectivity index is 1.71. The van der Waals surface area contributed by atoms with Gasteiger partial charge in [-0.15, -0.1) is 0 Å². The van der Waals surface area contributed by atoms with Crippen molar-refractivity contribution in [2.45, 2.75) is 19.3 Å². The molecule has 15 heavy (non-hydrogen) atoms. The quantitative estimate of drug-likeness (QED) is 0.739. The van der Waals surface area contributed by atoms with E-state index in [1.54, 1.807) is 0 Å². The van der Waals surface area contributed by atoms with Crippen LogP contribution in [0.1, 0.15) is 17.5 Å².